The Morgan fingerprint density at radius 3 is 2.56 bits per heavy atom. The van der Waals surface area contributed by atoms with Gasteiger partial charge in [0.25, 0.3) is 0 Å². The third-order valence-electron chi connectivity index (χ3n) is 5.06. The van der Waals surface area contributed by atoms with Gasteiger partial charge in [-0.3, -0.25) is 4.79 Å². The monoisotopic (exact) mass is 481 g/mol. The molecule has 0 saturated carbocycles. The molecule has 2 aromatic carbocycles. The number of carbonyl (C=O) groups excluding carboxylic acids is 2. The van der Waals surface area contributed by atoms with Gasteiger partial charge in [0.15, 0.2) is 0 Å². The summed E-state index contributed by atoms with van der Waals surface area (Å²) in [6, 6.07) is 14.9. The Morgan fingerprint density at radius 1 is 1.21 bits per heavy atom. The van der Waals surface area contributed by atoms with E-state index in [1.807, 2.05) is 19.1 Å². The highest BCUT2D eigenvalue weighted by Crippen LogP contribution is 2.43. The van der Waals surface area contributed by atoms with Gasteiger partial charge in [-0.05, 0) is 44.2 Å². The lowest BCUT2D eigenvalue weighted by atomic mass is 9.82. The molecule has 0 unspecified atom stereocenters. The van der Waals surface area contributed by atoms with E-state index in [9.17, 15) is 19.2 Å². The molecule has 0 aromatic heterocycles. The number of dihydropyridines is 1. The van der Waals surface area contributed by atoms with Crippen molar-refractivity contribution in [3.8, 4) is 11.8 Å². The number of nitrogens with zero attached hydrogens (tertiary/aromatic N) is 1. The smallest absolute Gasteiger partial charge is 0.336 e. The van der Waals surface area contributed by atoms with Crippen LogP contribution in [0.5, 0.6) is 5.75 Å². The molecule has 2 N–H and O–H groups in total. The van der Waals surface area contributed by atoms with Gasteiger partial charge in [-0.25, -0.2) is 9.18 Å². The van der Waals surface area contributed by atoms with E-state index in [2.05, 4.69) is 16.7 Å². The van der Waals surface area contributed by atoms with Crippen LogP contribution in [0.4, 0.5) is 10.1 Å². The van der Waals surface area contributed by atoms with Crippen LogP contribution in [0.15, 0.2) is 70.4 Å². The van der Waals surface area contributed by atoms with Crippen LogP contribution in [0, 0.1) is 17.1 Å². The second kappa shape index (κ2) is 11.4. The van der Waals surface area contributed by atoms with Crippen LogP contribution >= 0.6 is 11.8 Å². The highest BCUT2D eigenvalue weighted by molar-refractivity contribution is 8.03. The van der Waals surface area contributed by atoms with E-state index in [0.717, 1.165) is 11.8 Å². The van der Waals surface area contributed by atoms with E-state index in [-0.39, 0.29) is 17.2 Å². The number of halogens is 1. The van der Waals surface area contributed by atoms with Crippen LogP contribution in [0.3, 0.4) is 0 Å². The summed E-state index contributed by atoms with van der Waals surface area (Å²) in [7, 11) is 1.29. The van der Waals surface area contributed by atoms with Crippen LogP contribution in [0.25, 0.3) is 0 Å². The van der Waals surface area contributed by atoms with Crippen molar-refractivity contribution in [2.45, 2.75) is 19.8 Å². The molecule has 3 rings (SSSR count). The number of amides is 1. The molecule has 9 heteroatoms. The minimum absolute atomic E-state index is 0.00838. The summed E-state index contributed by atoms with van der Waals surface area (Å²) in [5, 5.41) is 16.3. The fourth-order valence-corrected chi connectivity index (χ4v) is 4.48. The molecule has 0 saturated heterocycles. The van der Waals surface area contributed by atoms with E-state index >= 15 is 0 Å². The van der Waals surface area contributed by atoms with Crippen molar-refractivity contribution in [3.63, 3.8) is 0 Å². The lowest BCUT2D eigenvalue weighted by molar-refractivity contribution is -0.136. The Kier molecular flexibility index (Phi) is 8.33. The van der Waals surface area contributed by atoms with Crippen LogP contribution in [-0.2, 0) is 14.3 Å². The van der Waals surface area contributed by atoms with Gasteiger partial charge in [0.1, 0.15) is 11.6 Å². The average Bonchev–Trinajstić information content (AvgIpc) is 2.84. The fourth-order valence-electron chi connectivity index (χ4n) is 3.59. The van der Waals surface area contributed by atoms with Gasteiger partial charge in [0.2, 0.25) is 5.91 Å². The number of rotatable bonds is 8. The number of carbonyl (C=O) groups is 2. The van der Waals surface area contributed by atoms with Gasteiger partial charge in [-0.2, -0.15) is 5.26 Å². The summed E-state index contributed by atoms with van der Waals surface area (Å²) in [5.41, 5.74) is 2.20. The maximum Gasteiger partial charge on any atom is 0.336 e. The largest absolute Gasteiger partial charge is 0.494 e. The zero-order valence-electron chi connectivity index (χ0n) is 19.0. The van der Waals surface area contributed by atoms with Crippen molar-refractivity contribution in [1.82, 2.24) is 5.32 Å². The lowest BCUT2D eigenvalue weighted by Gasteiger charge is -2.30. The second-order valence-corrected chi connectivity index (χ2v) is 8.24. The number of allylic oxidation sites excluding steroid dienone is 2. The molecule has 1 amide bonds. The van der Waals surface area contributed by atoms with Gasteiger partial charge < -0.3 is 20.1 Å². The van der Waals surface area contributed by atoms with E-state index in [1.54, 1.807) is 19.1 Å². The van der Waals surface area contributed by atoms with Crippen LogP contribution in [0.2, 0.25) is 0 Å². The predicted octanol–water partition coefficient (Wildman–Crippen LogP) is 4.47. The van der Waals surface area contributed by atoms with Crippen molar-refractivity contribution < 1.29 is 23.5 Å². The van der Waals surface area contributed by atoms with Crippen LogP contribution < -0.4 is 15.4 Å². The molecule has 0 fully saturated rings. The molecule has 1 heterocycles. The minimum Gasteiger partial charge on any atom is -0.494 e. The molecule has 1 atom stereocenters. The molecule has 176 valence electrons. The maximum atomic E-state index is 13.1. The molecule has 7 nitrogen and oxygen atoms in total. The molecular weight excluding hydrogens is 457 g/mol. The van der Waals surface area contributed by atoms with Gasteiger partial charge in [-0.1, -0.05) is 30.0 Å². The second-order valence-electron chi connectivity index (χ2n) is 7.26. The first-order valence-electron chi connectivity index (χ1n) is 10.5. The van der Waals surface area contributed by atoms with Crippen LogP contribution in [-0.4, -0.2) is 31.3 Å². The zero-order valence-corrected chi connectivity index (χ0v) is 19.8. The van der Waals surface area contributed by atoms with E-state index in [1.165, 1.54) is 31.4 Å². The highest BCUT2D eigenvalue weighted by Gasteiger charge is 2.36. The number of hydrogen-bond acceptors (Lipinski definition) is 7. The Morgan fingerprint density at radius 2 is 1.91 bits per heavy atom. The Hall–Kier alpha value is -3.77. The number of para-hydroxylation sites is 1. The number of ether oxygens (including phenoxy) is 2. The summed E-state index contributed by atoms with van der Waals surface area (Å²) in [6.07, 6.45) is 0. The number of nitrogens with one attached hydrogen (secondary N) is 2. The molecule has 1 aliphatic heterocycles. The topological polar surface area (TPSA) is 100 Å². The Balaban J connectivity index is 1.94. The fraction of sp³-hybridized carbons (Fsp3) is 0.240. The van der Waals surface area contributed by atoms with Gasteiger partial charge in [0.05, 0.1) is 47.6 Å². The number of esters is 1. The molecular formula is C25H24FN3O4S. The van der Waals surface area contributed by atoms with Crippen molar-refractivity contribution in [1.29, 1.82) is 5.26 Å². The average molecular weight is 482 g/mol. The molecule has 34 heavy (non-hydrogen) atoms. The summed E-state index contributed by atoms with van der Waals surface area (Å²) in [6.45, 7) is 3.98. The van der Waals surface area contributed by atoms with Crippen molar-refractivity contribution in [2.75, 3.05) is 24.8 Å². The minimum atomic E-state index is -0.732. The van der Waals surface area contributed by atoms with Crippen molar-refractivity contribution in [2.24, 2.45) is 0 Å². The van der Waals surface area contributed by atoms with E-state index in [0.29, 0.717) is 39.9 Å². The van der Waals surface area contributed by atoms with Gasteiger partial charge >= 0.3 is 5.97 Å². The number of nitriles is 1. The first-order valence-corrected chi connectivity index (χ1v) is 11.5. The van der Waals surface area contributed by atoms with Crippen molar-refractivity contribution >= 4 is 29.3 Å². The van der Waals surface area contributed by atoms with Crippen LogP contribution in [0.1, 0.15) is 25.3 Å². The Labute approximate surface area is 201 Å². The summed E-state index contributed by atoms with van der Waals surface area (Å²) < 4.78 is 23.9. The quantitative estimate of drug-likeness (QED) is 0.537. The van der Waals surface area contributed by atoms with Gasteiger partial charge in [0, 0.05) is 16.9 Å². The molecule has 0 aliphatic carbocycles. The highest BCUT2D eigenvalue weighted by atomic mass is 32.2. The molecule has 2 aromatic rings. The molecule has 0 radical (unpaired) electrons. The summed E-state index contributed by atoms with van der Waals surface area (Å²) in [5.74, 6) is -1.47. The summed E-state index contributed by atoms with van der Waals surface area (Å²) >= 11 is 1.14. The summed E-state index contributed by atoms with van der Waals surface area (Å²) in [4.78, 5) is 25.2. The number of anilines is 1. The number of thioether (sulfide) groups is 1. The first kappa shape index (κ1) is 24.9. The normalized spacial score (nSPS) is 15.3. The zero-order chi connectivity index (χ0) is 24.7. The third kappa shape index (κ3) is 5.58. The van der Waals surface area contributed by atoms with E-state index < -0.39 is 17.7 Å². The number of benzene rings is 2. The molecule has 0 bridgehead atoms. The lowest BCUT2D eigenvalue weighted by Crippen LogP contribution is -2.29. The maximum absolute atomic E-state index is 13.1. The number of hydrogen-bond donors (Lipinski definition) is 2. The van der Waals surface area contributed by atoms with Gasteiger partial charge in [-0.15, -0.1) is 0 Å². The van der Waals surface area contributed by atoms with E-state index in [4.69, 9.17) is 9.47 Å². The predicted molar refractivity (Wildman–Crippen MR) is 128 cm³/mol. The molecule has 1 aliphatic rings. The molecule has 0 spiro atoms. The Bertz CT molecular complexity index is 1190. The first-order chi connectivity index (χ1) is 16.4. The third-order valence-corrected chi connectivity index (χ3v) is 6.08. The SMILES string of the molecule is CCOc1ccccc1[C@@H]1C(C#N)=C(SCC(=O)Nc2ccc(F)cc2)NC(C)=C1C(=O)OC. The number of methoxy groups -OCH3 is 1. The van der Waals surface area contributed by atoms with Crippen molar-refractivity contribution in [3.05, 3.63) is 81.8 Å². The standard InChI is InChI=1S/C25H24FN3O4S/c1-4-33-20-8-6-5-7-18(20)23-19(13-27)24(28-15(2)22(23)25(31)32-3)34-14-21(30)29-17-11-9-16(26)10-12-17/h5-12,23,28H,4,14H2,1-3H3,(H,29,30)/t23-/m1/s1.